The fourth-order valence-corrected chi connectivity index (χ4v) is 4.14. The molecule has 2 amide bonds. The van der Waals surface area contributed by atoms with E-state index in [2.05, 4.69) is 31.2 Å². The molecule has 1 aromatic heterocycles. The second-order valence-electron chi connectivity index (χ2n) is 8.83. The average Bonchev–Trinajstić information content (AvgIpc) is 2.82. The van der Waals surface area contributed by atoms with Gasteiger partial charge in [0.15, 0.2) is 5.82 Å². The Labute approximate surface area is 211 Å². The number of ether oxygens (including phenoxy) is 1. The molecule has 0 aliphatic heterocycles. The zero-order chi connectivity index (χ0) is 25.4. The van der Waals surface area contributed by atoms with E-state index in [4.69, 9.17) is 16.3 Å². The quantitative estimate of drug-likeness (QED) is 0.390. The summed E-state index contributed by atoms with van der Waals surface area (Å²) >= 11 is 6.37. The Hall–Kier alpha value is -3.11. The molecule has 3 rings (SSSR count). The molecule has 35 heavy (non-hydrogen) atoms. The molecule has 0 saturated heterocycles. The molecule has 0 spiro atoms. The summed E-state index contributed by atoms with van der Waals surface area (Å²) in [6, 6.07) is 5.17. The van der Waals surface area contributed by atoms with Gasteiger partial charge in [-0.3, -0.25) is 9.59 Å². The van der Waals surface area contributed by atoms with E-state index in [0.29, 0.717) is 40.3 Å². The summed E-state index contributed by atoms with van der Waals surface area (Å²) in [5.74, 6) is 1.07. The minimum Gasteiger partial charge on any atom is -0.495 e. The average molecular weight is 504 g/mol. The molecule has 2 aromatic rings. The van der Waals surface area contributed by atoms with Crippen molar-refractivity contribution in [3.8, 4) is 5.75 Å². The van der Waals surface area contributed by atoms with Gasteiger partial charge < -0.3 is 30.9 Å². The van der Waals surface area contributed by atoms with E-state index in [1.807, 2.05) is 19.0 Å². The second-order valence-corrected chi connectivity index (χ2v) is 9.24. The van der Waals surface area contributed by atoms with Gasteiger partial charge in [-0.1, -0.05) is 24.4 Å². The lowest BCUT2D eigenvalue weighted by atomic mass is 9.90. The summed E-state index contributed by atoms with van der Waals surface area (Å²) in [6.07, 6.45) is 5.45. The Morgan fingerprint density at radius 3 is 2.63 bits per heavy atom. The van der Waals surface area contributed by atoms with Crippen LogP contribution in [0.15, 0.2) is 24.4 Å². The summed E-state index contributed by atoms with van der Waals surface area (Å²) in [7, 11) is 5.44. The minimum absolute atomic E-state index is 0.0141. The normalized spacial score (nSPS) is 17.5. The van der Waals surface area contributed by atoms with Gasteiger partial charge in [0.05, 0.1) is 19.0 Å². The van der Waals surface area contributed by atoms with Crippen LogP contribution in [-0.4, -0.2) is 73.1 Å². The highest BCUT2D eigenvalue weighted by Gasteiger charge is 2.26. The van der Waals surface area contributed by atoms with E-state index in [9.17, 15) is 9.59 Å². The first kappa shape index (κ1) is 26.5. The van der Waals surface area contributed by atoms with Crippen molar-refractivity contribution in [1.82, 2.24) is 25.5 Å². The fourth-order valence-electron chi connectivity index (χ4n) is 3.99. The molecule has 190 valence electrons. The van der Waals surface area contributed by atoms with Gasteiger partial charge in [0.1, 0.15) is 10.8 Å². The number of nitrogens with one attached hydrogen (secondary N) is 4. The number of anilines is 3. The van der Waals surface area contributed by atoms with E-state index in [-0.39, 0.29) is 23.9 Å². The van der Waals surface area contributed by atoms with Crippen LogP contribution in [0.5, 0.6) is 5.75 Å². The number of aromatic nitrogens is 2. The molecule has 0 radical (unpaired) electrons. The van der Waals surface area contributed by atoms with Gasteiger partial charge in [-0.2, -0.15) is 4.98 Å². The first-order chi connectivity index (χ1) is 16.8. The van der Waals surface area contributed by atoms with Crippen LogP contribution >= 0.6 is 11.6 Å². The lowest BCUT2D eigenvalue weighted by Gasteiger charge is -2.33. The summed E-state index contributed by atoms with van der Waals surface area (Å²) < 4.78 is 5.49. The molecule has 11 heteroatoms. The number of nitrogens with zero attached hydrogens (tertiary/aromatic N) is 3. The van der Waals surface area contributed by atoms with Gasteiger partial charge in [-0.15, -0.1) is 0 Å². The molecule has 2 atom stereocenters. The Bertz CT molecular complexity index is 1030. The standard InChI is InChI=1S/C24H34ClN7O3/c1-15(33)28-18-7-5-6-8-19(18)29-22-17(25)14-27-24(31-22)30-20-10-9-16(13-21(20)35-4)23(34)26-11-12-32(2)3/h9-10,13-14,18-19H,5-8,11-12H2,1-4H3,(H,26,34)(H,28,33)(H2,27,29,30,31). The number of amides is 2. The molecule has 1 fully saturated rings. The fraction of sp³-hybridized carbons (Fsp3) is 0.500. The zero-order valence-corrected chi connectivity index (χ0v) is 21.4. The predicted molar refractivity (Wildman–Crippen MR) is 138 cm³/mol. The number of likely N-dealkylation sites (N-methyl/N-ethyl adjacent to an activating group) is 1. The third-order valence-electron chi connectivity index (χ3n) is 5.78. The molecule has 4 N–H and O–H groups in total. The SMILES string of the molecule is COc1cc(C(=O)NCCN(C)C)ccc1Nc1ncc(Cl)c(NC2CCCCC2NC(C)=O)n1. The van der Waals surface area contributed by atoms with Crippen molar-refractivity contribution in [3.63, 3.8) is 0 Å². The van der Waals surface area contributed by atoms with Gasteiger partial charge in [-0.05, 0) is 45.1 Å². The summed E-state index contributed by atoms with van der Waals surface area (Å²) in [5.41, 5.74) is 1.10. The Morgan fingerprint density at radius 1 is 1.20 bits per heavy atom. The molecule has 1 aliphatic carbocycles. The van der Waals surface area contributed by atoms with Gasteiger partial charge in [0.25, 0.3) is 5.91 Å². The first-order valence-electron chi connectivity index (χ1n) is 11.7. The molecule has 1 aromatic carbocycles. The number of carbonyl (C=O) groups excluding carboxylic acids is 2. The lowest BCUT2D eigenvalue weighted by molar-refractivity contribution is -0.119. The van der Waals surface area contributed by atoms with Gasteiger partial charge in [-0.25, -0.2) is 4.98 Å². The summed E-state index contributed by atoms with van der Waals surface area (Å²) in [6.45, 7) is 2.82. The van der Waals surface area contributed by atoms with Crippen molar-refractivity contribution < 1.29 is 14.3 Å². The predicted octanol–water partition coefficient (Wildman–Crippen LogP) is 3.03. The maximum Gasteiger partial charge on any atom is 0.251 e. The number of methoxy groups -OCH3 is 1. The Balaban J connectivity index is 1.72. The molecular weight excluding hydrogens is 470 g/mol. The monoisotopic (exact) mass is 503 g/mol. The van der Waals surface area contributed by atoms with Crippen LogP contribution in [0.4, 0.5) is 17.5 Å². The number of hydrogen-bond donors (Lipinski definition) is 4. The van der Waals surface area contributed by atoms with Crippen LogP contribution < -0.4 is 26.0 Å². The molecule has 0 bridgehead atoms. The Kier molecular flexibility index (Phi) is 9.50. The maximum atomic E-state index is 12.4. The van der Waals surface area contributed by atoms with Crippen molar-refractivity contribution in [2.45, 2.75) is 44.7 Å². The highest BCUT2D eigenvalue weighted by Crippen LogP contribution is 2.30. The number of benzene rings is 1. The van der Waals surface area contributed by atoms with Crippen molar-refractivity contribution >= 4 is 40.9 Å². The van der Waals surface area contributed by atoms with E-state index < -0.39 is 0 Å². The first-order valence-corrected chi connectivity index (χ1v) is 12.1. The van der Waals surface area contributed by atoms with Crippen molar-refractivity contribution in [1.29, 1.82) is 0 Å². The van der Waals surface area contributed by atoms with Crippen LogP contribution in [-0.2, 0) is 4.79 Å². The second kappa shape index (κ2) is 12.6. The molecule has 2 unspecified atom stereocenters. The molecule has 10 nitrogen and oxygen atoms in total. The van der Waals surface area contributed by atoms with E-state index in [0.717, 1.165) is 32.2 Å². The third-order valence-corrected chi connectivity index (χ3v) is 6.05. The van der Waals surface area contributed by atoms with Crippen LogP contribution in [0.3, 0.4) is 0 Å². The van der Waals surface area contributed by atoms with E-state index in [1.165, 1.54) is 20.2 Å². The van der Waals surface area contributed by atoms with Gasteiger partial charge >= 0.3 is 0 Å². The zero-order valence-electron chi connectivity index (χ0n) is 20.7. The van der Waals surface area contributed by atoms with Crippen LogP contribution in [0.25, 0.3) is 0 Å². The van der Waals surface area contributed by atoms with E-state index >= 15 is 0 Å². The number of rotatable bonds is 10. The molecule has 1 heterocycles. The third kappa shape index (κ3) is 7.69. The number of halogens is 1. The molecule has 1 saturated carbocycles. The van der Waals surface area contributed by atoms with Crippen LogP contribution in [0, 0.1) is 0 Å². The summed E-state index contributed by atoms with van der Waals surface area (Å²) in [5, 5.41) is 12.8. The van der Waals surface area contributed by atoms with Crippen molar-refractivity contribution in [2.75, 3.05) is 44.9 Å². The molecule has 1 aliphatic rings. The van der Waals surface area contributed by atoms with Crippen LogP contribution in [0.2, 0.25) is 5.02 Å². The van der Waals surface area contributed by atoms with Crippen molar-refractivity contribution in [3.05, 3.63) is 35.0 Å². The summed E-state index contributed by atoms with van der Waals surface area (Å²) in [4.78, 5) is 34.9. The van der Waals surface area contributed by atoms with Crippen molar-refractivity contribution in [2.24, 2.45) is 0 Å². The maximum absolute atomic E-state index is 12.4. The number of hydrogen-bond acceptors (Lipinski definition) is 8. The van der Waals surface area contributed by atoms with Gasteiger partial charge in [0.2, 0.25) is 11.9 Å². The smallest absolute Gasteiger partial charge is 0.251 e. The minimum atomic E-state index is -0.174. The Morgan fingerprint density at radius 2 is 1.94 bits per heavy atom. The van der Waals surface area contributed by atoms with E-state index in [1.54, 1.807) is 18.2 Å². The van der Waals surface area contributed by atoms with Crippen LogP contribution in [0.1, 0.15) is 43.0 Å². The number of carbonyl (C=O) groups is 2. The lowest BCUT2D eigenvalue weighted by Crippen LogP contribution is -2.48. The van der Waals surface area contributed by atoms with Gasteiger partial charge in [0, 0.05) is 37.7 Å². The largest absolute Gasteiger partial charge is 0.495 e. The topological polar surface area (TPSA) is 121 Å². The highest BCUT2D eigenvalue weighted by atomic mass is 35.5. The molecular formula is C24H34ClN7O3. The highest BCUT2D eigenvalue weighted by molar-refractivity contribution is 6.32.